The molecule has 0 aliphatic heterocycles. The van der Waals surface area contributed by atoms with Crippen molar-refractivity contribution in [2.45, 2.75) is 0 Å². The molecule has 84 valence electrons. The minimum Gasteiger partial charge on any atom is -0.234 e. The molecule has 1 aliphatic rings. The minimum atomic E-state index is -0.226. The van der Waals surface area contributed by atoms with Gasteiger partial charge in [0.25, 0.3) is 0 Å². The van der Waals surface area contributed by atoms with Crippen LogP contribution in [0.2, 0.25) is 0 Å². The van der Waals surface area contributed by atoms with Gasteiger partial charge in [-0.05, 0) is 0 Å². The Morgan fingerprint density at radius 3 is 2.22 bits per heavy atom. The molecule has 0 saturated heterocycles. The average Bonchev–Trinajstić information content (AvgIpc) is 2.36. The predicted octanol–water partition coefficient (Wildman–Crippen LogP) is 2.58. The van der Waals surface area contributed by atoms with Crippen LogP contribution >= 0.6 is 23.2 Å². The molecule has 0 N–H and O–H groups in total. The number of halogens is 2. The summed E-state index contributed by atoms with van der Waals surface area (Å²) in [6.45, 7) is 13.6. The molecule has 1 aliphatic carbocycles. The first-order chi connectivity index (χ1) is 8.62. The summed E-state index contributed by atoms with van der Waals surface area (Å²) in [6.07, 6.45) is 1.47. The Morgan fingerprint density at radius 1 is 1.11 bits per heavy atom. The van der Waals surface area contributed by atoms with Gasteiger partial charge in [-0.25, -0.2) is 4.85 Å². The number of allylic oxidation sites excluding steroid dienone is 3. The number of aliphatic imine (C=N–C) groups is 1. The normalized spacial score (nSPS) is 19.2. The molecule has 0 saturated carbocycles. The maximum atomic E-state index is 8.95. The number of nitrogens with zero attached hydrogens (tertiary/aromatic N) is 6. The first kappa shape index (κ1) is 13.4. The maximum Gasteiger partial charge on any atom is 0.235 e. The van der Waals surface area contributed by atoms with E-state index in [2.05, 4.69) is 19.9 Å². The lowest BCUT2D eigenvalue weighted by molar-refractivity contribution is 1.42. The Balaban J connectivity index is 3.75. The molecule has 0 radical (unpaired) electrons. The molecule has 18 heavy (non-hydrogen) atoms. The molecule has 1 rings (SSSR count). The van der Waals surface area contributed by atoms with Gasteiger partial charge in [0.2, 0.25) is 11.9 Å². The summed E-state index contributed by atoms with van der Waals surface area (Å²) < 4.78 is 0. The summed E-state index contributed by atoms with van der Waals surface area (Å²) in [5, 5.41) is 20.3. The summed E-state index contributed by atoms with van der Waals surface area (Å²) in [7, 11) is 0. The molecule has 6 nitrogen and oxygen atoms in total. The lowest BCUT2D eigenvalue weighted by Gasteiger charge is -2.12. The van der Waals surface area contributed by atoms with Crippen LogP contribution in [0.15, 0.2) is 31.4 Å². The van der Waals surface area contributed by atoms with E-state index in [0.717, 1.165) is 0 Å². The Labute approximate surface area is 112 Å². The van der Waals surface area contributed by atoms with Crippen molar-refractivity contribution < 1.29 is 0 Å². The van der Waals surface area contributed by atoms with Crippen molar-refractivity contribution in [1.29, 1.82) is 10.5 Å². The quantitative estimate of drug-likeness (QED) is 0.294. The van der Waals surface area contributed by atoms with E-state index >= 15 is 0 Å². The van der Waals surface area contributed by atoms with E-state index in [9.17, 15) is 0 Å². The van der Waals surface area contributed by atoms with Crippen molar-refractivity contribution in [3.63, 3.8) is 0 Å². The molecule has 0 aromatic carbocycles. The fourth-order valence-electron chi connectivity index (χ4n) is 1.15. The summed E-state index contributed by atoms with van der Waals surface area (Å²) in [5.74, 6) is 0. The molecule has 0 fully saturated rings. The Bertz CT molecular complexity index is 635. The molecule has 0 atom stereocenters. The lowest BCUT2D eigenvalue weighted by atomic mass is 10.0. The number of rotatable bonds is 0. The van der Waals surface area contributed by atoms with E-state index in [1.54, 1.807) is 6.07 Å². The predicted molar refractivity (Wildman–Crippen MR) is 65.1 cm³/mol. The highest BCUT2D eigenvalue weighted by Gasteiger charge is 2.32. The summed E-state index contributed by atoms with van der Waals surface area (Å²) in [5.41, 5.74) is -0.801. The van der Waals surface area contributed by atoms with Crippen LogP contribution in [0.5, 0.6) is 0 Å². The maximum absolute atomic E-state index is 8.95. The monoisotopic (exact) mass is 274 g/mol. The highest BCUT2D eigenvalue weighted by Crippen LogP contribution is 2.31. The van der Waals surface area contributed by atoms with E-state index in [-0.39, 0.29) is 32.8 Å². The first-order valence-corrected chi connectivity index (χ1v) is 4.87. The van der Waals surface area contributed by atoms with Crippen LogP contribution < -0.4 is 0 Å². The van der Waals surface area contributed by atoms with Crippen LogP contribution in [-0.2, 0) is 0 Å². The Hall–Kier alpha value is -2.64. The topological polar surface area (TPSA) is 81.0 Å². The van der Waals surface area contributed by atoms with Crippen molar-refractivity contribution in [1.82, 2.24) is 0 Å². The van der Waals surface area contributed by atoms with Crippen molar-refractivity contribution >= 4 is 34.6 Å². The second-order valence-electron chi connectivity index (χ2n) is 2.68. The van der Waals surface area contributed by atoms with Gasteiger partial charge in [-0.1, -0.05) is 23.2 Å². The number of hydrogen-bond donors (Lipinski definition) is 0. The zero-order chi connectivity index (χ0) is 13.7. The molecule has 8 heteroatoms. The van der Waals surface area contributed by atoms with Crippen LogP contribution in [0.25, 0.3) is 9.80 Å². The van der Waals surface area contributed by atoms with Gasteiger partial charge in [0.05, 0.1) is 21.7 Å². The Morgan fingerprint density at radius 2 is 1.78 bits per heavy atom. The molecule has 0 bridgehead atoms. The molecular weight excluding hydrogens is 275 g/mol. The average molecular weight is 275 g/mol. The van der Waals surface area contributed by atoms with Gasteiger partial charge in [-0.15, -0.1) is 4.95 Å². The van der Waals surface area contributed by atoms with E-state index in [4.69, 9.17) is 46.9 Å². The standard InChI is InChI=1S/C10Cl2N6/c1-15-9-7(12)8(18-16-2)5(3-13)6(11)10(9)17-4-14/b17-10+,18-8-. The number of nitriles is 2. The van der Waals surface area contributed by atoms with Crippen LogP contribution in [0.3, 0.4) is 0 Å². The summed E-state index contributed by atoms with van der Waals surface area (Å²) >= 11 is 11.7. The van der Waals surface area contributed by atoms with Crippen molar-refractivity contribution in [3.8, 4) is 12.3 Å². The second-order valence-corrected chi connectivity index (χ2v) is 3.44. The fourth-order valence-corrected chi connectivity index (χ4v) is 1.68. The smallest absolute Gasteiger partial charge is 0.234 e. The van der Waals surface area contributed by atoms with E-state index in [1.165, 1.54) is 6.19 Å². The molecule has 0 amide bonds. The van der Waals surface area contributed by atoms with Gasteiger partial charge in [0.1, 0.15) is 17.4 Å². The van der Waals surface area contributed by atoms with Crippen LogP contribution in [0.4, 0.5) is 0 Å². The molecule has 0 aromatic rings. The molecule has 0 spiro atoms. The van der Waals surface area contributed by atoms with Gasteiger partial charge < -0.3 is 0 Å². The van der Waals surface area contributed by atoms with E-state index in [0.29, 0.717) is 0 Å². The molecule has 0 heterocycles. The molecule has 0 aromatic heterocycles. The lowest BCUT2D eigenvalue weighted by Crippen LogP contribution is -2.18. The van der Waals surface area contributed by atoms with Gasteiger partial charge in [-0.2, -0.15) is 22.1 Å². The van der Waals surface area contributed by atoms with Crippen LogP contribution in [0, 0.1) is 35.9 Å². The van der Waals surface area contributed by atoms with Gasteiger partial charge in [0, 0.05) is 0 Å². The van der Waals surface area contributed by atoms with Gasteiger partial charge in [0.15, 0.2) is 5.71 Å². The van der Waals surface area contributed by atoms with Crippen molar-refractivity contribution in [2.75, 3.05) is 0 Å². The zero-order valence-electron chi connectivity index (χ0n) is 8.44. The van der Waals surface area contributed by atoms with Gasteiger partial charge >= 0.3 is 0 Å². The van der Waals surface area contributed by atoms with Crippen LogP contribution in [0.1, 0.15) is 0 Å². The summed E-state index contributed by atoms with van der Waals surface area (Å²) in [6, 6.07) is 1.71. The Kier molecular flexibility index (Phi) is 4.19. The van der Waals surface area contributed by atoms with Gasteiger partial charge in [-0.3, -0.25) is 0 Å². The van der Waals surface area contributed by atoms with Crippen molar-refractivity contribution in [2.24, 2.45) is 10.1 Å². The largest absolute Gasteiger partial charge is 0.235 e. The SMILES string of the molecule is [C-]#[N+]/N=C1C(Cl)=C([N+]#[C-])/C(=N/C#N)C(Cl)=C\1C#N. The van der Waals surface area contributed by atoms with Crippen molar-refractivity contribution in [3.05, 3.63) is 44.3 Å². The summed E-state index contributed by atoms with van der Waals surface area (Å²) in [4.78, 5) is 9.19. The van der Waals surface area contributed by atoms with Crippen LogP contribution in [-0.4, -0.2) is 11.4 Å². The van der Waals surface area contributed by atoms with E-state index in [1.807, 2.05) is 0 Å². The minimum absolute atomic E-state index is 0.193. The highest BCUT2D eigenvalue weighted by molar-refractivity contribution is 6.58. The second kappa shape index (κ2) is 5.62. The highest BCUT2D eigenvalue weighted by atomic mass is 35.5. The number of hydrogen-bond acceptors (Lipinski definition) is 4. The molecular formula is C10Cl2N6. The third-order valence-electron chi connectivity index (χ3n) is 1.84. The fraction of sp³-hybridized carbons (Fsp3) is 0. The van der Waals surface area contributed by atoms with E-state index < -0.39 is 0 Å². The molecule has 0 unspecified atom stereocenters. The third kappa shape index (κ3) is 2.08. The first-order valence-electron chi connectivity index (χ1n) is 4.12. The zero-order valence-corrected chi connectivity index (χ0v) is 9.95. The third-order valence-corrected chi connectivity index (χ3v) is 2.57.